The van der Waals surface area contributed by atoms with Gasteiger partial charge in [0, 0.05) is 53.3 Å². The minimum atomic E-state index is -0.336. The lowest BCUT2D eigenvalue weighted by molar-refractivity contribution is 0.402. The summed E-state index contributed by atoms with van der Waals surface area (Å²) in [5.74, 6) is 0.242. The highest BCUT2D eigenvalue weighted by molar-refractivity contribution is 7.08. The van der Waals surface area contributed by atoms with Gasteiger partial charge in [-0.15, -0.1) is 0 Å². The zero-order valence-electron chi connectivity index (χ0n) is 18.5. The minimum Gasteiger partial charge on any atom is -0.335 e. The lowest BCUT2D eigenvalue weighted by atomic mass is 10.0. The van der Waals surface area contributed by atoms with Crippen LogP contribution in [0.5, 0.6) is 0 Å². The SMILES string of the molecule is CN(C)Cc1cncc(-c2cc3c(-c4nc5nccc(-c6ccsc6)c5[nH]4)n[nH]c3cc2F)c1. The third-order valence-corrected chi connectivity index (χ3v) is 6.39. The van der Waals surface area contributed by atoms with Gasteiger partial charge in [-0.05, 0) is 60.2 Å². The Labute approximate surface area is 198 Å². The number of aromatic nitrogens is 6. The molecule has 1 aromatic carbocycles. The molecule has 7 nitrogen and oxygen atoms in total. The van der Waals surface area contributed by atoms with Crippen molar-refractivity contribution in [2.75, 3.05) is 14.1 Å². The standard InChI is InChI=1S/C25H20FN7S/c1-33(2)12-14-7-16(11-27-10-14)18-8-19-21(9-20(18)26)31-32-23(19)25-29-22-17(15-4-6-34-13-15)3-5-28-24(22)30-25/h3-11,13H,12H2,1-2H3,(H,31,32)(H,28,29,30). The Bertz CT molecular complexity index is 1630. The van der Waals surface area contributed by atoms with E-state index in [1.165, 1.54) is 6.07 Å². The van der Waals surface area contributed by atoms with Crippen molar-refractivity contribution in [3.8, 4) is 33.8 Å². The zero-order valence-corrected chi connectivity index (χ0v) is 19.3. The quantitative estimate of drug-likeness (QED) is 0.349. The number of fused-ring (bicyclic) bond motifs is 2. The molecule has 0 spiro atoms. The number of imidazole rings is 1. The average molecular weight is 470 g/mol. The Kier molecular flexibility index (Phi) is 4.93. The minimum absolute atomic E-state index is 0.336. The predicted molar refractivity (Wildman–Crippen MR) is 133 cm³/mol. The number of thiophene rings is 1. The van der Waals surface area contributed by atoms with Gasteiger partial charge in [-0.2, -0.15) is 16.4 Å². The fourth-order valence-electron chi connectivity index (χ4n) is 4.21. The first-order chi connectivity index (χ1) is 16.6. The number of H-pyrrole nitrogens is 2. The van der Waals surface area contributed by atoms with E-state index in [4.69, 9.17) is 4.98 Å². The van der Waals surface area contributed by atoms with Crippen molar-refractivity contribution in [1.29, 1.82) is 0 Å². The molecule has 5 heterocycles. The third-order valence-electron chi connectivity index (χ3n) is 5.70. The molecule has 6 aromatic rings. The van der Waals surface area contributed by atoms with E-state index in [1.807, 2.05) is 31.6 Å². The van der Waals surface area contributed by atoms with Crippen molar-refractivity contribution < 1.29 is 4.39 Å². The second kappa shape index (κ2) is 8.12. The van der Waals surface area contributed by atoms with Gasteiger partial charge in [0.1, 0.15) is 11.5 Å². The molecule has 0 aliphatic heterocycles. The van der Waals surface area contributed by atoms with E-state index in [9.17, 15) is 0 Å². The molecule has 0 unspecified atom stereocenters. The van der Waals surface area contributed by atoms with Crippen LogP contribution in [-0.2, 0) is 6.54 Å². The van der Waals surface area contributed by atoms with Gasteiger partial charge in [-0.1, -0.05) is 0 Å². The van der Waals surface area contributed by atoms with Crippen molar-refractivity contribution in [1.82, 2.24) is 35.0 Å². The van der Waals surface area contributed by atoms with Crippen LogP contribution in [0, 0.1) is 5.82 Å². The van der Waals surface area contributed by atoms with Gasteiger partial charge in [0.2, 0.25) is 0 Å². The lowest BCUT2D eigenvalue weighted by Gasteiger charge is -2.11. The third kappa shape index (κ3) is 3.55. The first-order valence-corrected chi connectivity index (χ1v) is 11.7. The molecular formula is C25H20FN7S. The highest BCUT2D eigenvalue weighted by Crippen LogP contribution is 2.34. The molecule has 6 rings (SSSR count). The molecule has 0 saturated heterocycles. The summed E-state index contributed by atoms with van der Waals surface area (Å²) in [6.07, 6.45) is 5.24. The highest BCUT2D eigenvalue weighted by atomic mass is 32.1. The summed E-state index contributed by atoms with van der Waals surface area (Å²) in [4.78, 5) is 18.9. The summed E-state index contributed by atoms with van der Waals surface area (Å²) in [6.45, 7) is 0.722. The van der Waals surface area contributed by atoms with E-state index in [1.54, 1.807) is 36.0 Å². The highest BCUT2D eigenvalue weighted by Gasteiger charge is 2.18. The number of nitrogens with one attached hydrogen (secondary N) is 2. The molecule has 9 heteroatoms. The first kappa shape index (κ1) is 20.6. The number of nitrogens with zero attached hydrogens (tertiary/aromatic N) is 5. The number of halogens is 1. The molecule has 0 atom stereocenters. The van der Waals surface area contributed by atoms with E-state index in [0.717, 1.165) is 39.7 Å². The maximum Gasteiger partial charge on any atom is 0.178 e. The van der Waals surface area contributed by atoms with Gasteiger partial charge in [0.25, 0.3) is 0 Å². The largest absolute Gasteiger partial charge is 0.335 e. The molecule has 0 saturated carbocycles. The van der Waals surface area contributed by atoms with E-state index < -0.39 is 0 Å². The van der Waals surface area contributed by atoms with Crippen LogP contribution in [0.2, 0.25) is 0 Å². The second-order valence-corrected chi connectivity index (χ2v) is 9.20. The Morgan fingerprint density at radius 3 is 2.79 bits per heavy atom. The van der Waals surface area contributed by atoms with Crippen molar-refractivity contribution in [3.63, 3.8) is 0 Å². The molecule has 0 aliphatic rings. The molecule has 5 aromatic heterocycles. The molecule has 0 fully saturated rings. The number of aromatic amines is 2. The second-order valence-electron chi connectivity index (χ2n) is 8.42. The number of benzene rings is 1. The Morgan fingerprint density at radius 2 is 1.97 bits per heavy atom. The van der Waals surface area contributed by atoms with Gasteiger partial charge in [0.15, 0.2) is 11.5 Å². The van der Waals surface area contributed by atoms with Crippen molar-refractivity contribution >= 4 is 33.4 Å². The summed E-state index contributed by atoms with van der Waals surface area (Å²) in [5.41, 5.74) is 7.00. The number of rotatable bonds is 5. The smallest absolute Gasteiger partial charge is 0.178 e. The van der Waals surface area contributed by atoms with Crippen LogP contribution in [-0.4, -0.2) is 49.1 Å². The van der Waals surface area contributed by atoms with E-state index >= 15 is 4.39 Å². The van der Waals surface area contributed by atoms with Gasteiger partial charge < -0.3 is 9.88 Å². The molecule has 0 aliphatic carbocycles. The zero-order chi connectivity index (χ0) is 23.2. The molecule has 0 radical (unpaired) electrons. The normalized spacial score (nSPS) is 11.8. The van der Waals surface area contributed by atoms with E-state index in [0.29, 0.717) is 28.2 Å². The van der Waals surface area contributed by atoms with Crippen LogP contribution in [0.15, 0.2) is 59.7 Å². The van der Waals surface area contributed by atoms with Gasteiger partial charge in [-0.3, -0.25) is 10.1 Å². The van der Waals surface area contributed by atoms with Gasteiger partial charge >= 0.3 is 0 Å². The molecule has 168 valence electrons. The maximum absolute atomic E-state index is 15.1. The number of hydrogen-bond donors (Lipinski definition) is 2. The van der Waals surface area contributed by atoms with E-state index in [2.05, 4.69) is 41.5 Å². The van der Waals surface area contributed by atoms with Crippen LogP contribution in [0.3, 0.4) is 0 Å². The molecule has 34 heavy (non-hydrogen) atoms. The molecule has 2 N–H and O–H groups in total. The van der Waals surface area contributed by atoms with Crippen molar-refractivity contribution in [3.05, 3.63) is 71.1 Å². The fourth-order valence-corrected chi connectivity index (χ4v) is 4.86. The first-order valence-electron chi connectivity index (χ1n) is 10.7. The summed E-state index contributed by atoms with van der Waals surface area (Å²) >= 11 is 1.64. The Balaban J connectivity index is 1.48. The topological polar surface area (TPSA) is 86.4 Å². The van der Waals surface area contributed by atoms with E-state index in [-0.39, 0.29) is 5.82 Å². The number of hydrogen-bond acceptors (Lipinski definition) is 6. The molecule has 0 amide bonds. The predicted octanol–water partition coefficient (Wildman–Crippen LogP) is 5.49. The van der Waals surface area contributed by atoms with Crippen LogP contribution in [0.1, 0.15) is 5.56 Å². The Morgan fingerprint density at radius 1 is 1.06 bits per heavy atom. The summed E-state index contributed by atoms with van der Waals surface area (Å²) in [5, 5.41) is 12.3. The van der Waals surface area contributed by atoms with Crippen molar-refractivity contribution in [2.24, 2.45) is 0 Å². The number of pyridine rings is 2. The summed E-state index contributed by atoms with van der Waals surface area (Å²) in [7, 11) is 3.98. The maximum atomic E-state index is 15.1. The van der Waals surface area contributed by atoms with Crippen LogP contribution >= 0.6 is 11.3 Å². The van der Waals surface area contributed by atoms with Crippen LogP contribution in [0.25, 0.3) is 55.8 Å². The van der Waals surface area contributed by atoms with Gasteiger partial charge in [-0.25, -0.2) is 14.4 Å². The lowest BCUT2D eigenvalue weighted by Crippen LogP contribution is -2.10. The summed E-state index contributed by atoms with van der Waals surface area (Å²) in [6, 6.07) is 9.28. The molecular weight excluding hydrogens is 449 g/mol. The monoisotopic (exact) mass is 469 g/mol. The van der Waals surface area contributed by atoms with Crippen molar-refractivity contribution in [2.45, 2.75) is 6.54 Å². The summed E-state index contributed by atoms with van der Waals surface area (Å²) < 4.78 is 15.1. The van der Waals surface area contributed by atoms with Crippen LogP contribution in [0.4, 0.5) is 4.39 Å². The van der Waals surface area contributed by atoms with Crippen LogP contribution < -0.4 is 0 Å². The fraction of sp³-hybridized carbons (Fsp3) is 0.120. The Hall–Kier alpha value is -3.95. The molecule has 0 bridgehead atoms. The van der Waals surface area contributed by atoms with Gasteiger partial charge in [0.05, 0.1) is 11.0 Å². The average Bonchev–Trinajstić information content (AvgIpc) is 3.57.